The van der Waals surface area contributed by atoms with Crippen molar-refractivity contribution in [1.29, 1.82) is 0 Å². The van der Waals surface area contributed by atoms with Gasteiger partial charge in [0.2, 0.25) is 7.59 Å². The van der Waals surface area contributed by atoms with Crippen LogP contribution in [0.3, 0.4) is 0 Å². The van der Waals surface area contributed by atoms with E-state index >= 15 is 0 Å². The van der Waals surface area contributed by atoms with E-state index in [1.54, 1.807) is 18.2 Å². The molecule has 0 saturated heterocycles. The first kappa shape index (κ1) is 20.8. The molecule has 0 saturated carbocycles. The van der Waals surface area contributed by atoms with Crippen LogP contribution in [0.4, 0.5) is 0 Å². The van der Waals surface area contributed by atoms with Crippen LogP contribution in [0.2, 0.25) is 0 Å². The summed E-state index contributed by atoms with van der Waals surface area (Å²) in [6.45, 7) is 9.60. The average molecular weight is 458 g/mol. The molecule has 0 aliphatic rings. The van der Waals surface area contributed by atoms with Crippen molar-refractivity contribution in [1.82, 2.24) is 15.0 Å². The van der Waals surface area contributed by atoms with Gasteiger partial charge in [0, 0.05) is 5.56 Å². The quantitative estimate of drug-likeness (QED) is 0.476. The Balaban J connectivity index is 2.84. The summed E-state index contributed by atoms with van der Waals surface area (Å²) in [5.74, 6) is -0.116. The number of nitrogens with zero attached hydrogens (tertiary/aromatic N) is 3. The zero-order valence-electron chi connectivity index (χ0n) is 12.8. The first-order valence-electron chi connectivity index (χ1n) is 6.78. The molecular formula is C16H11Cl6N3. The second kappa shape index (κ2) is 7.59. The topological polar surface area (TPSA) is 38.7 Å². The van der Waals surface area contributed by atoms with Crippen LogP contribution in [0, 0.1) is 6.92 Å². The maximum absolute atomic E-state index is 5.91. The molecule has 132 valence electrons. The molecule has 0 bridgehead atoms. The molecule has 2 aromatic rings. The minimum atomic E-state index is -1.91. The third-order valence-corrected chi connectivity index (χ3v) is 4.31. The van der Waals surface area contributed by atoms with Crippen molar-refractivity contribution in [3.8, 4) is 11.4 Å². The van der Waals surface area contributed by atoms with Gasteiger partial charge < -0.3 is 0 Å². The molecule has 1 aromatic carbocycles. The predicted molar refractivity (Wildman–Crippen MR) is 109 cm³/mol. The molecule has 0 N–H and O–H groups in total. The molecule has 0 atom stereocenters. The van der Waals surface area contributed by atoms with Gasteiger partial charge in [0.25, 0.3) is 0 Å². The summed E-state index contributed by atoms with van der Waals surface area (Å²) in [6, 6.07) is 3.69. The molecule has 3 nitrogen and oxygen atoms in total. The minimum Gasteiger partial charge on any atom is -0.209 e. The Labute approximate surface area is 175 Å². The zero-order chi connectivity index (χ0) is 19.0. The SMILES string of the molecule is C=Cc1c(C)ccc(-c2nc(C(Cl)(Cl)Cl)nc(C(Cl)(Cl)Cl)n2)c1C=C. The molecule has 0 spiro atoms. The van der Waals surface area contributed by atoms with Crippen molar-refractivity contribution in [3.63, 3.8) is 0 Å². The average Bonchev–Trinajstić information content (AvgIpc) is 2.52. The number of halogens is 6. The molecule has 0 aliphatic heterocycles. The van der Waals surface area contributed by atoms with Crippen LogP contribution < -0.4 is 0 Å². The Morgan fingerprint density at radius 1 is 0.800 bits per heavy atom. The van der Waals surface area contributed by atoms with Crippen molar-refractivity contribution in [2.24, 2.45) is 0 Å². The Kier molecular flexibility index (Phi) is 6.31. The summed E-state index contributed by atoms with van der Waals surface area (Å²) >= 11 is 35.5. The largest absolute Gasteiger partial charge is 0.250 e. The molecule has 0 radical (unpaired) electrons. The highest BCUT2D eigenvalue weighted by atomic mass is 35.6. The van der Waals surface area contributed by atoms with Gasteiger partial charge in [0.1, 0.15) is 0 Å². The number of hydrogen-bond acceptors (Lipinski definition) is 3. The molecule has 25 heavy (non-hydrogen) atoms. The number of aromatic nitrogens is 3. The van der Waals surface area contributed by atoms with Crippen LogP contribution in [-0.4, -0.2) is 15.0 Å². The van der Waals surface area contributed by atoms with Crippen LogP contribution in [0.15, 0.2) is 25.3 Å². The lowest BCUT2D eigenvalue weighted by Crippen LogP contribution is -2.17. The Morgan fingerprint density at radius 3 is 1.68 bits per heavy atom. The lowest BCUT2D eigenvalue weighted by Gasteiger charge is -2.17. The van der Waals surface area contributed by atoms with Gasteiger partial charge in [-0.3, -0.25) is 0 Å². The van der Waals surface area contributed by atoms with Crippen molar-refractivity contribution in [3.05, 3.63) is 53.6 Å². The first-order chi connectivity index (χ1) is 11.5. The first-order valence-corrected chi connectivity index (χ1v) is 9.05. The molecule has 1 aromatic heterocycles. The monoisotopic (exact) mass is 455 g/mol. The van der Waals surface area contributed by atoms with E-state index < -0.39 is 7.59 Å². The van der Waals surface area contributed by atoms with Crippen molar-refractivity contribution >= 4 is 81.8 Å². The van der Waals surface area contributed by atoms with Crippen LogP contribution >= 0.6 is 69.6 Å². The zero-order valence-corrected chi connectivity index (χ0v) is 17.4. The Bertz CT molecular complexity index is 805. The molecule has 1 heterocycles. The van der Waals surface area contributed by atoms with Crippen LogP contribution in [0.25, 0.3) is 23.5 Å². The van der Waals surface area contributed by atoms with E-state index in [2.05, 4.69) is 28.1 Å². The van der Waals surface area contributed by atoms with Crippen molar-refractivity contribution in [2.75, 3.05) is 0 Å². The molecule has 0 amide bonds. The number of rotatable bonds is 3. The van der Waals surface area contributed by atoms with Gasteiger partial charge in [-0.2, -0.15) is 0 Å². The normalized spacial score (nSPS) is 12.1. The predicted octanol–water partition coefficient (Wildman–Crippen LogP) is 6.79. The number of benzene rings is 1. The van der Waals surface area contributed by atoms with Gasteiger partial charge in [0.15, 0.2) is 17.5 Å². The summed E-state index contributed by atoms with van der Waals surface area (Å²) in [5, 5.41) is 0. The van der Waals surface area contributed by atoms with Crippen molar-refractivity contribution < 1.29 is 0 Å². The number of hydrogen-bond donors (Lipinski definition) is 0. The molecule has 0 fully saturated rings. The van der Waals surface area contributed by atoms with E-state index in [4.69, 9.17) is 69.6 Å². The van der Waals surface area contributed by atoms with Gasteiger partial charge in [-0.05, 0) is 23.6 Å². The smallest absolute Gasteiger partial charge is 0.209 e. The van der Waals surface area contributed by atoms with Crippen LogP contribution in [0.5, 0.6) is 0 Å². The van der Waals surface area contributed by atoms with Gasteiger partial charge in [-0.25, -0.2) is 15.0 Å². The van der Waals surface area contributed by atoms with E-state index in [1.807, 2.05) is 13.0 Å². The molecule has 0 unspecified atom stereocenters. The van der Waals surface area contributed by atoms with E-state index in [0.717, 1.165) is 16.7 Å². The minimum absolute atomic E-state index is 0.153. The second-order valence-corrected chi connectivity index (χ2v) is 9.53. The molecular weight excluding hydrogens is 447 g/mol. The highest BCUT2D eigenvalue weighted by Crippen LogP contribution is 2.41. The molecule has 2 rings (SSSR count). The highest BCUT2D eigenvalue weighted by Gasteiger charge is 2.34. The van der Waals surface area contributed by atoms with Gasteiger partial charge in [-0.15, -0.1) is 0 Å². The second-order valence-electron chi connectivity index (χ2n) is 4.97. The summed E-state index contributed by atoms with van der Waals surface area (Å²) in [5.41, 5.74) is 3.25. The van der Waals surface area contributed by atoms with E-state index in [0.29, 0.717) is 5.56 Å². The lowest BCUT2D eigenvalue weighted by molar-refractivity contribution is 0.851. The maximum Gasteiger partial charge on any atom is 0.250 e. The van der Waals surface area contributed by atoms with Crippen LogP contribution in [0.1, 0.15) is 28.3 Å². The fourth-order valence-electron chi connectivity index (χ4n) is 2.18. The molecule has 9 heteroatoms. The summed E-state index contributed by atoms with van der Waals surface area (Å²) < 4.78 is -3.83. The number of alkyl halides is 6. The number of aryl methyl sites for hydroxylation is 1. The summed E-state index contributed by atoms with van der Waals surface area (Å²) in [4.78, 5) is 12.4. The summed E-state index contributed by atoms with van der Waals surface area (Å²) in [7, 11) is 0. The van der Waals surface area contributed by atoms with E-state index in [9.17, 15) is 0 Å². The van der Waals surface area contributed by atoms with E-state index in [-0.39, 0.29) is 17.5 Å². The Morgan fingerprint density at radius 2 is 1.28 bits per heavy atom. The van der Waals surface area contributed by atoms with Gasteiger partial charge in [0.05, 0.1) is 0 Å². The Hall–Kier alpha value is -0.550. The fraction of sp³-hybridized carbons (Fsp3) is 0.188. The third-order valence-electron chi connectivity index (χ3n) is 3.30. The van der Waals surface area contributed by atoms with Crippen molar-refractivity contribution in [2.45, 2.75) is 14.5 Å². The van der Waals surface area contributed by atoms with Gasteiger partial charge >= 0.3 is 0 Å². The fourth-order valence-corrected chi connectivity index (χ4v) is 2.69. The third kappa shape index (κ3) is 4.60. The van der Waals surface area contributed by atoms with Gasteiger partial charge in [-0.1, -0.05) is 107 Å². The summed E-state index contributed by atoms with van der Waals surface area (Å²) in [6.07, 6.45) is 3.37. The maximum atomic E-state index is 5.91. The highest BCUT2D eigenvalue weighted by molar-refractivity contribution is 6.67. The standard InChI is InChI=1S/C16H11Cl6N3/c1-4-9-8(3)6-7-11(10(9)5-2)12-23-13(15(17,18)19)25-14(24-12)16(20,21)22/h4-7H,1-2H2,3H3. The molecule has 0 aliphatic carbocycles. The van der Waals surface area contributed by atoms with Crippen LogP contribution in [-0.2, 0) is 7.59 Å². The van der Waals surface area contributed by atoms with E-state index in [1.165, 1.54) is 0 Å². The lowest BCUT2D eigenvalue weighted by atomic mass is 9.96.